The Bertz CT molecular complexity index is 1740. The van der Waals surface area contributed by atoms with Crippen LogP contribution in [0.15, 0.2) is 47.5 Å². The summed E-state index contributed by atoms with van der Waals surface area (Å²) in [6.45, 7) is 8.34. The van der Waals surface area contributed by atoms with Gasteiger partial charge in [0.1, 0.15) is 29.0 Å². The molecule has 0 aliphatic carbocycles. The third kappa shape index (κ3) is 4.96. The number of benzene rings is 2. The van der Waals surface area contributed by atoms with Crippen molar-refractivity contribution < 1.29 is 41.0 Å². The number of aromatic nitrogens is 4. The first-order chi connectivity index (χ1) is 18.9. The van der Waals surface area contributed by atoms with Gasteiger partial charge in [-0.2, -0.15) is 5.10 Å². The number of anilines is 1. The minimum atomic E-state index is -5.02. The molecule has 2 aromatic heterocycles. The van der Waals surface area contributed by atoms with Crippen LogP contribution in [-0.2, 0) is 11.3 Å². The molecule has 0 atom stereocenters. The van der Waals surface area contributed by atoms with Crippen molar-refractivity contribution in [3.63, 3.8) is 0 Å². The smallest absolute Gasteiger partial charge is 0.418 e. The van der Waals surface area contributed by atoms with Gasteiger partial charge in [-0.05, 0) is 36.8 Å². The molecule has 0 saturated carbocycles. The van der Waals surface area contributed by atoms with E-state index in [4.69, 9.17) is 6.57 Å². The van der Waals surface area contributed by atoms with E-state index in [0.717, 1.165) is 16.8 Å². The molecule has 1 N–H and O–H groups in total. The number of alkyl halides is 5. The van der Waals surface area contributed by atoms with E-state index >= 15 is 0 Å². The van der Waals surface area contributed by atoms with Crippen molar-refractivity contribution in [3.8, 4) is 28.5 Å². The lowest BCUT2D eigenvalue weighted by atomic mass is 10.1. The fraction of sp³-hybridized carbons (Fsp3) is 0.208. The maximum Gasteiger partial charge on any atom is 0.586 e. The van der Waals surface area contributed by atoms with Crippen molar-refractivity contribution in [1.29, 1.82) is 0 Å². The number of nitrogens with one attached hydrogen (secondary N) is 1. The molecule has 16 heteroatoms. The predicted octanol–water partition coefficient (Wildman–Crippen LogP) is 4.61. The van der Waals surface area contributed by atoms with Crippen LogP contribution >= 0.6 is 0 Å². The van der Waals surface area contributed by atoms with Gasteiger partial charge in [0.2, 0.25) is 11.6 Å². The van der Waals surface area contributed by atoms with Gasteiger partial charge in [-0.25, -0.2) is 14.5 Å². The van der Waals surface area contributed by atoms with Crippen LogP contribution in [0.25, 0.3) is 27.1 Å². The minimum Gasteiger partial charge on any atom is -0.418 e. The molecular weight excluding hydrogens is 547 g/mol. The fourth-order valence-corrected chi connectivity index (χ4v) is 4.07. The molecule has 11 nitrogen and oxygen atoms in total. The number of imidazole rings is 1. The Labute approximate surface area is 220 Å². The Morgan fingerprint density at radius 2 is 1.95 bits per heavy atom. The zero-order valence-electron chi connectivity index (χ0n) is 20.1. The number of nitrogens with zero attached hydrogens (tertiary/aromatic N) is 5. The van der Waals surface area contributed by atoms with Crippen LogP contribution in [0.1, 0.15) is 6.92 Å². The zero-order chi connectivity index (χ0) is 28.8. The largest absolute Gasteiger partial charge is 0.586 e. The second-order valence-electron chi connectivity index (χ2n) is 8.22. The normalized spacial score (nSPS) is 13.7. The van der Waals surface area contributed by atoms with Crippen LogP contribution in [0.4, 0.5) is 33.3 Å². The molecule has 2 aromatic carbocycles. The number of H-pyrrole nitrogens is 1. The average molecular weight is 562 g/mol. The molecule has 40 heavy (non-hydrogen) atoms. The summed E-state index contributed by atoms with van der Waals surface area (Å²) in [5, 5.41) is 4.21. The molecule has 1 aliphatic heterocycles. The van der Waals surface area contributed by atoms with Crippen molar-refractivity contribution in [2.45, 2.75) is 26.1 Å². The monoisotopic (exact) mass is 562 g/mol. The molecule has 0 unspecified atom stereocenters. The summed E-state index contributed by atoms with van der Waals surface area (Å²) in [5.41, 5.74) is -0.883. The maximum atomic E-state index is 13.4. The third-order valence-electron chi connectivity index (χ3n) is 5.71. The van der Waals surface area contributed by atoms with E-state index < -0.39 is 42.1 Å². The SMILES string of the molecule is [C-]#[N+]c1cc(-c2nn(CC(=O)N(CC)c3ccc4c(c3)OC(F)(F)O4)c(=O)c3[nH]cnc23)ccc1OC(F)(F)F. The number of hydrogen-bond acceptors (Lipinski definition) is 7. The van der Waals surface area contributed by atoms with E-state index in [1.165, 1.54) is 35.5 Å². The summed E-state index contributed by atoms with van der Waals surface area (Å²) >= 11 is 0. The van der Waals surface area contributed by atoms with Gasteiger partial charge < -0.3 is 24.1 Å². The van der Waals surface area contributed by atoms with Crippen LogP contribution in [0.5, 0.6) is 17.2 Å². The summed E-state index contributed by atoms with van der Waals surface area (Å²) in [6, 6.07) is 6.97. The van der Waals surface area contributed by atoms with Crippen molar-refractivity contribution in [2.24, 2.45) is 0 Å². The number of amides is 1. The zero-order valence-corrected chi connectivity index (χ0v) is 20.1. The molecule has 0 spiro atoms. The van der Waals surface area contributed by atoms with Gasteiger partial charge in [-0.15, -0.1) is 22.0 Å². The molecule has 0 saturated heterocycles. The highest BCUT2D eigenvalue weighted by Crippen LogP contribution is 2.43. The molecule has 5 rings (SSSR count). The molecule has 206 valence electrons. The number of likely N-dealkylation sites (N-methyl/N-ethyl adjacent to an activating group) is 1. The average Bonchev–Trinajstić information content (AvgIpc) is 3.49. The van der Waals surface area contributed by atoms with Crippen LogP contribution in [-0.4, -0.2) is 44.9 Å². The van der Waals surface area contributed by atoms with Crippen molar-refractivity contribution in [2.75, 3.05) is 11.4 Å². The van der Waals surface area contributed by atoms with E-state index in [0.29, 0.717) is 0 Å². The van der Waals surface area contributed by atoms with Gasteiger partial charge in [-0.1, -0.05) is 6.07 Å². The Hall–Kier alpha value is -5.20. The first-order valence-corrected chi connectivity index (χ1v) is 11.3. The van der Waals surface area contributed by atoms with E-state index in [2.05, 4.69) is 34.1 Å². The highest BCUT2D eigenvalue weighted by molar-refractivity contribution is 5.94. The predicted molar refractivity (Wildman–Crippen MR) is 127 cm³/mol. The van der Waals surface area contributed by atoms with Gasteiger partial charge in [0, 0.05) is 18.3 Å². The van der Waals surface area contributed by atoms with Gasteiger partial charge >= 0.3 is 12.7 Å². The Morgan fingerprint density at radius 3 is 2.65 bits per heavy atom. The topological polar surface area (TPSA) is 116 Å². The quantitative estimate of drug-likeness (QED) is 0.270. The summed E-state index contributed by atoms with van der Waals surface area (Å²) in [5.74, 6) is -1.87. The van der Waals surface area contributed by atoms with Gasteiger partial charge in [0.05, 0.1) is 12.9 Å². The molecule has 0 bridgehead atoms. The van der Waals surface area contributed by atoms with E-state index in [1.807, 2.05) is 0 Å². The van der Waals surface area contributed by atoms with Crippen LogP contribution in [0, 0.1) is 6.57 Å². The lowest BCUT2D eigenvalue weighted by molar-refractivity contribution is -0.286. The maximum absolute atomic E-state index is 13.4. The Kier molecular flexibility index (Phi) is 6.29. The highest BCUT2D eigenvalue weighted by atomic mass is 19.4. The highest BCUT2D eigenvalue weighted by Gasteiger charge is 2.43. The van der Waals surface area contributed by atoms with Gasteiger partial charge in [0.15, 0.2) is 11.5 Å². The van der Waals surface area contributed by atoms with E-state index in [-0.39, 0.29) is 46.0 Å². The molecule has 0 fully saturated rings. The molecular formula is C24H15F5N6O5. The molecule has 3 heterocycles. The Balaban J connectivity index is 1.50. The summed E-state index contributed by atoms with van der Waals surface area (Å²) in [4.78, 5) is 37.3. The minimum absolute atomic E-state index is 0.000433. The van der Waals surface area contributed by atoms with Crippen LogP contribution < -0.4 is 24.7 Å². The number of aromatic amines is 1. The number of rotatable bonds is 6. The number of ether oxygens (including phenoxy) is 3. The van der Waals surface area contributed by atoms with Gasteiger partial charge in [-0.3, -0.25) is 9.59 Å². The van der Waals surface area contributed by atoms with Crippen molar-refractivity contribution >= 4 is 28.3 Å². The van der Waals surface area contributed by atoms with Crippen molar-refractivity contribution in [1.82, 2.24) is 19.7 Å². The standard InChI is InChI=1S/C24H15F5N6O5/c1-3-34(13-5-7-16-17(9-13)40-24(28,29)39-16)18(36)10-35-22(37)21-20(31-11-32-21)19(33-35)12-4-6-15(14(8-12)30-2)38-23(25,26)27/h4-9,11H,3,10H2,1H3,(H,31,32). The van der Waals surface area contributed by atoms with Crippen molar-refractivity contribution in [3.05, 3.63) is 64.5 Å². The lowest BCUT2D eigenvalue weighted by Crippen LogP contribution is -2.37. The third-order valence-corrected chi connectivity index (χ3v) is 5.71. The molecule has 4 aromatic rings. The summed E-state index contributed by atoms with van der Waals surface area (Å²) in [7, 11) is 0. The van der Waals surface area contributed by atoms with E-state index in [9.17, 15) is 31.5 Å². The number of hydrogen-bond donors (Lipinski definition) is 1. The molecule has 1 amide bonds. The number of carbonyl (C=O) groups excluding carboxylic acids is 1. The second-order valence-corrected chi connectivity index (χ2v) is 8.22. The number of carbonyl (C=O) groups is 1. The first kappa shape index (κ1) is 26.4. The van der Waals surface area contributed by atoms with Crippen LogP contribution in [0.3, 0.4) is 0 Å². The lowest BCUT2D eigenvalue weighted by Gasteiger charge is -2.21. The first-order valence-electron chi connectivity index (χ1n) is 11.3. The number of fused-ring (bicyclic) bond motifs is 2. The van der Waals surface area contributed by atoms with Gasteiger partial charge in [0.25, 0.3) is 5.56 Å². The number of halogens is 5. The second kappa shape index (κ2) is 9.52. The molecule has 1 aliphatic rings. The van der Waals surface area contributed by atoms with Crippen LogP contribution in [0.2, 0.25) is 0 Å². The summed E-state index contributed by atoms with van der Waals surface area (Å²) in [6.07, 6.45) is -7.67. The Morgan fingerprint density at radius 1 is 1.20 bits per heavy atom. The molecule has 0 radical (unpaired) electrons. The summed E-state index contributed by atoms with van der Waals surface area (Å²) < 4.78 is 78.5. The fourth-order valence-electron chi connectivity index (χ4n) is 4.07. The van der Waals surface area contributed by atoms with E-state index in [1.54, 1.807) is 6.92 Å².